The second-order valence-electron chi connectivity index (χ2n) is 6.67. The average Bonchev–Trinajstić information content (AvgIpc) is 3.12. The van der Waals surface area contributed by atoms with Crippen molar-refractivity contribution in [3.63, 3.8) is 0 Å². The summed E-state index contributed by atoms with van der Waals surface area (Å²) in [5.41, 5.74) is 1.83. The maximum absolute atomic E-state index is 13.4. The zero-order valence-electron chi connectivity index (χ0n) is 14.7. The standard InChI is InChI=1S/C21H18FN3OS/c22-18-5-6-19-17(11-18)12-20(27-19)21(26)25-9-7-24(8-10-25)14-16-3-1-15(13-23)2-4-16/h1-6,11-12H,7-10,14H2. The Bertz CT molecular complexity index is 1010. The fourth-order valence-corrected chi connectivity index (χ4v) is 4.34. The first kappa shape index (κ1) is 17.7. The van der Waals surface area contributed by atoms with Gasteiger partial charge in [0, 0.05) is 37.4 Å². The minimum Gasteiger partial charge on any atom is -0.335 e. The Balaban J connectivity index is 1.37. The number of thiophene rings is 1. The molecule has 1 aliphatic heterocycles. The van der Waals surface area contributed by atoms with Gasteiger partial charge in [0.2, 0.25) is 0 Å². The van der Waals surface area contributed by atoms with Crippen molar-refractivity contribution in [2.24, 2.45) is 0 Å². The van der Waals surface area contributed by atoms with Crippen LogP contribution >= 0.6 is 11.3 Å². The Hall–Kier alpha value is -2.75. The van der Waals surface area contributed by atoms with Crippen LogP contribution in [0.5, 0.6) is 0 Å². The summed E-state index contributed by atoms with van der Waals surface area (Å²) in [5, 5.41) is 9.65. The number of amides is 1. The second kappa shape index (κ2) is 7.47. The van der Waals surface area contributed by atoms with Crippen LogP contribution in [0.3, 0.4) is 0 Å². The van der Waals surface area contributed by atoms with Crippen molar-refractivity contribution in [3.05, 3.63) is 70.4 Å². The number of hydrogen-bond donors (Lipinski definition) is 0. The van der Waals surface area contributed by atoms with Crippen LogP contribution in [0.25, 0.3) is 10.1 Å². The van der Waals surface area contributed by atoms with Gasteiger partial charge in [-0.15, -0.1) is 11.3 Å². The fraction of sp³-hybridized carbons (Fsp3) is 0.238. The van der Waals surface area contributed by atoms with Crippen LogP contribution in [0.1, 0.15) is 20.8 Å². The predicted molar refractivity (Wildman–Crippen MR) is 104 cm³/mol. The van der Waals surface area contributed by atoms with Crippen molar-refractivity contribution in [1.29, 1.82) is 5.26 Å². The summed E-state index contributed by atoms with van der Waals surface area (Å²) >= 11 is 1.42. The van der Waals surface area contributed by atoms with E-state index in [1.165, 1.54) is 29.0 Å². The monoisotopic (exact) mass is 379 g/mol. The second-order valence-corrected chi connectivity index (χ2v) is 7.75. The molecule has 2 aromatic carbocycles. The summed E-state index contributed by atoms with van der Waals surface area (Å²) in [6.45, 7) is 3.79. The van der Waals surface area contributed by atoms with Gasteiger partial charge in [0.1, 0.15) is 5.82 Å². The Kier molecular flexibility index (Phi) is 4.88. The molecule has 27 heavy (non-hydrogen) atoms. The molecule has 0 spiro atoms. The highest BCUT2D eigenvalue weighted by Gasteiger charge is 2.23. The summed E-state index contributed by atoms with van der Waals surface area (Å²) in [6.07, 6.45) is 0. The molecule has 1 amide bonds. The lowest BCUT2D eigenvalue weighted by Gasteiger charge is -2.34. The lowest BCUT2D eigenvalue weighted by Crippen LogP contribution is -2.48. The molecular formula is C21H18FN3OS. The summed E-state index contributed by atoms with van der Waals surface area (Å²) in [7, 11) is 0. The van der Waals surface area contributed by atoms with Crippen LogP contribution in [0.2, 0.25) is 0 Å². The summed E-state index contributed by atoms with van der Waals surface area (Å²) in [6, 6.07) is 16.2. The fourth-order valence-electron chi connectivity index (χ4n) is 3.33. The average molecular weight is 379 g/mol. The Labute approximate surface area is 161 Å². The lowest BCUT2D eigenvalue weighted by atomic mass is 10.1. The van der Waals surface area contributed by atoms with Gasteiger partial charge in [0.05, 0.1) is 16.5 Å². The molecule has 3 aromatic rings. The van der Waals surface area contributed by atoms with Gasteiger partial charge in [0.25, 0.3) is 5.91 Å². The quantitative estimate of drug-likeness (QED) is 0.694. The molecule has 0 atom stereocenters. The third kappa shape index (κ3) is 3.85. The Morgan fingerprint density at radius 2 is 1.81 bits per heavy atom. The van der Waals surface area contributed by atoms with E-state index >= 15 is 0 Å². The van der Waals surface area contributed by atoms with E-state index in [4.69, 9.17) is 5.26 Å². The lowest BCUT2D eigenvalue weighted by molar-refractivity contribution is 0.0633. The molecule has 0 radical (unpaired) electrons. The first-order valence-corrected chi connectivity index (χ1v) is 9.64. The van der Waals surface area contributed by atoms with Crippen LogP contribution in [0.4, 0.5) is 4.39 Å². The maximum Gasteiger partial charge on any atom is 0.264 e. The van der Waals surface area contributed by atoms with Crippen LogP contribution in [0.15, 0.2) is 48.5 Å². The van der Waals surface area contributed by atoms with Gasteiger partial charge in [-0.1, -0.05) is 12.1 Å². The first-order valence-electron chi connectivity index (χ1n) is 8.82. The van der Waals surface area contributed by atoms with E-state index < -0.39 is 0 Å². The number of carbonyl (C=O) groups excluding carboxylic acids is 1. The SMILES string of the molecule is N#Cc1ccc(CN2CCN(C(=O)c3cc4cc(F)ccc4s3)CC2)cc1. The number of hydrogen-bond acceptors (Lipinski definition) is 4. The number of nitriles is 1. The van der Waals surface area contributed by atoms with Crippen LogP contribution in [0, 0.1) is 17.1 Å². The summed E-state index contributed by atoms with van der Waals surface area (Å²) in [5.74, 6) is -0.259. The van der Waals surface area contributed by atoms with Crippen molar-refractivity contribution in [3.8, 4) is 6.07 Å². The number of rotatable bonds is 3. The number of fused-ring (bicyclic) bond motifs is 1. The van der Waals surface area contributed by atoms with Gasteiger partial charge in [-0.3, -0.25) is 9.69 Å². The van der Waals surface area contributed by atoms with Crippen LogP contribution in [-0.4, -0.2) is 41.9 Å². The molecule has 4 nitrogen and oxygen atoms in total. The number of piperazine rings is 1. The molecule has 136 valence electrons. The largest absolute Gasteiger partial charge is 0.335 e. The van der Waals surface area contributed by atoms with Gasteiger partial charge in [-0.25, -0.2) is 4.39 Å². The van der Waals surface area contributed by atoms with Crippen molar-refractivity contribution in [1.82, 2.24) is 9.80 Å². The molecule has 1 aliphatic rings. The highest BCUT2D eigenvalue weighted by Crippen LogP contribution is 2.27. The van der Waals surface area contributed by atoms with E-state index in [1.54, 1.807) is 12.1 Å². The zero-order chi connectivity index (χ0) is 18.8. The Morgan fingerprint density at radius 1 is 1.07 bits per heavy atom. The molecule has 6 heteroatoms. The molecule has 0 saturated carbocycles. The molecule has 0 N–H and O–H groups in total. The molecule has 0 unspecified atom stereocenters. The van der Waals surface area contributed by atoms with Crippen molar-refractivity contribution in [2.45, 2.75) is 6.54 Å². The molecular weight excluding hydrogens is 361 g/mol. The van der Waals surface area contributed by atoms with Crippen LogP contribution < -0.4 is 0 Å². The molecule has 1 aromatic heterocycles. The van der Waals surface area contributed by atoms with Gasteiger partial charge in [0.15, 0.2) is 0 Å². The van der Waals surface area contributed by atoms with Crippen molar-refractivity contribution < 1.29 is 9.18 Å². The topological polar surface area (TPSA) is 47.3 Å². The molecule has 2 heterocycles. The van der Waals surface area contributed by atoms with Gasteiger partial charge in [-0.2, -0.15) is 5.26 Å². The number of halogens is 1. The number of nitrogens with zero attached hydrogens (tertiary/aromatic N) is 3. The normalized spacial score (nSPS) is 15.0. The van der Waals surface area contributed by atoms with Gasteiger partial charge < -0.3 is 4.90 Å². The van der Waals surface area contributed by atoms with E-state index in [1.807, 2.05) is 29.2 Å². The maximum atomic E-state index is 13.4. The van der Waals surface area contributed by atoms with Gasteiger partial charge >= 0.3 is 0 Å². The molecule has 0 bridgehead atoms. The zero-order valence-corrected chi connectivity index (χ0v) is 15.5. The minimum absolute atomic E-state index is 0.0228. The van der Waals surface area contributed by atoms with Crippen LogP contribution in [-0.2, 0) is 6.54 Å². The van der Waals surface area contributed by atoms with E-state index in [0.29, 0.717) is 23.5 Å². The van der Waals surface area contributed by atoms with Crippen molar-refractivity contribution in [2.75, 3.05) is 26.2 Å². The van der Waals surface area contributed by atoms with Gasteiger partial charge in [-0.05, 0) is 47.3 Å². The van der Waals surface area contributed by atoms with E-state index in [9.17, 15) is 9.18 Å². The summed E-state index contributed by atoms with van der Waals surface area (Å²) in [4.78, 5) is 17.6. The molecule has 4 rings (SSSR count). The minimum atomic E-state index is -0.282. The highest BCUT2D eigenvalue weighted by molar-refractivity contribution is 7.20. The first-order chi connectivity index (χ1) is 13.1. The highest BCUT2D eigenvalue weighted by atomic mass is 32.1. The third-order valence-corrected chi connectivity index (χ3v) is 5.94. The number of benzene rings is 2. The molecule has 0 aliphatic carbocycles. The van der Waals surface area contributed by atoms with E-state index in [-0.39, 0.29) is 11.7 Å². The Morgan fingerprint density at radius 3 is 2.52 bits per heavy atom. The number of carbonyl (C=O) groups is 1. The molecule has 1 fully saturated rings. The molecule has 1 saturated heterocycles. The van der Waals surface area contributed by atoms with E-state index in [0.717, 1.165) is 29.7 Å². The predicted octanol–water partition coefficient (Wildman–Crippen LogP) is 3.87. The third-order valence-electron chi connectivity index (χ3n) is 4.84. The smallest absolute Gasteiger partial charge is 0.264 e. The van der Waals surface area contributed by atoms with E-state index in [2.05, 4.69) is 11.0 Å². The van der Waals surface area contributed by atoms with Crippen molar-refractivity contribution >= 4 is 27.3 Å². The summed E-state index contributed by atoms with van der Waals surface area (Å²) < 4.78 is 14.3.